The van der Waals surface area contributed by atoms with Gasteiger partial charge in [0.05, 0.1) is 10.3 Å². The van der Waals surface area contributed by atoms with Crippen molar-refractivity contribution in [3.8, 4) is 0 Å². The maximum absolute atomic E-state index is 11.6. The second kappa shape index (κ2) is 4.39. The summed E-state index contributed by atoms with van der Waals surface area (Å²) in [6.45, 7) is 0.436. The van der Waals surface area contributed by atoms with Gasteiger partial charge >= 0.3 is 11.1 Å². The van der Waals surface area contributed by atoms with Gasteiger partial charge in [-0.1, -0.05) is 0 Å². The van der Waals surface area contributed by atoms with Gasteiger partial charge in [-0.3, -0.25) is 9.59 Å². The van der Waals surface area contributed by atoms with Crippen LogP contribution in [0.1, 0.15) is 4.88 Å². The van der Waals surface area contributed by atoms with Crippen molar-refractivity contribution in [2.24, 2.45) is 7.05 Å². The van der Waals surface area contributed by atoms with Crippen LogP contribution in [0.5, 0.6) is 0 Å². The summed E-state index contributed by atoms with van der Waals surface area (Å²) >= 11 is 4.90. The molecule has 0 aromatic carbocycles. The highest BCUT2D eigenvalue weighted by molar-refractivity contribution is 9.11. The number of hydrogen-bond acceptors (Lipinski definition) is 3. The fraction of sp³-hybridized carbons (Fsp3) is 0.200. The lowest BCUT2D eigenvalue weighted by Gasteiger charge is -2.03. The Labute approximate surface area is 104 Å². The van der Waals surface area contributed by atoms with E-state index in [2.05, 4.69) is 15.9 Å². The molecule has 84 valence electrons. The van der Waals surface area contributed by atoms with Gasteiger partial charge in [0.15, 0.2) is 0 Å². The molecule has 0 saturated heterocycles. The topological polar surface area (TPSA) is 44.0 Å². The number of rotatable bonds is 2. The Balaban J connectivity index is 2.40. The van der Waals surface area contributed by atoms with E-state index in [-0.39, 0.29) is 0 Å². The highest BCUT2D eigenvalue weighted by Gasteiger charge is 2.04. The molecule has 2 aromatic rings. The van der Waals surface area contributed by atoms with Crippen LogP contribution in [0.25, 0.3) is 0 Å². The zero-order valence-corrected chi connectivity index (χ0v) is 10.9. The van der Waals surface area contributed by atoms with E-state index in [9.17, 15) is 9.59 Å². The highest BCUT2D eigenvalue weighted by Crippen LogP contribution is 2.22. The summed E-state index contributed by atoms with van der Waals surface area (Å²) in [5, 5.41) is 0. The number of halogens is 1. The first-order chi connectivity index (χ1) is 7.58. The SMILES string of the molecule is Cn1ccn(Cc2ccc(Br)s2)c(=O)c1=O. The lowest BCUT2D eigenvalue weighted by Crippen LogP contribution is -2.39. The van der Waals surface area contributed by atoms with Crippen LogP contribution < -0.4 is 11.1 Å². The molecule has 0 aliphatic heterocycles. The number of hydrogen-bond donors (Lipinski definition) is 0. The smallest absolute Gasteiger partial charge is 0.312 e. The Bertz CT molecular complexity index is 626. The summed E-state index contributed by atoms with van der Waals surface area (Å²) in [6.07, 6.45) is 3.21. The standard InChI is InChI=1S/C10H9BrN2O2S/c1-12-4-5-13(10(15)9(12)14)6-7-2-3-8(11)16-7/h2-5H,6H2,1H3. The Kier molecular flexibility index (Phi) is 3.11. The van der Waals surface area contributed by atoms with Gasteiger partial charge in [0.1, 0.15) is 0 Å². The molecule has 0 spiro atoms. The Morgan fingerprint density at radius 1 is 1.25 bits per heavy atom. The van der Waals surface area contributed by atoms with Crippen molar-refractivity contribution >= 4 is 27.3 Å². The minimum absolute atomic E-state index is 0.436. The zero-order chi connectivity index (χ0) is 11.7. The summed E-state index contributed by atoms with van der Waals surface area (Å²) in [5.74, 6) is 0. The van der Waals surface area contributed by atoms with E-state index < -0.39 is 11.1 Å². The second-order valence-corrected chi connectivity index (χ2v) is 5.90. The van der Waals surface area contributed by atoms with Crippen molar-refractivity contribution in [1.29, 1.82) is 0 Å². The maximum Gasteiger partial charge on any atom is 0.316 e. The molecule has 0 unspecified atom stereocenters. The second-order valence-electron chi connectivity index (χ2n) is 3.35. The molecule has 2 rings (SSSR count). The quantitative estimate of drug-likeness (QED) is 0.787. The van der Waals surface area contributed by atoms with Crippen LogP contribution in [0.4, 0.5) is 0 Å². The Morgan fingerprint density at radius 3 is 2.62 bits per heavy atom. The van der Waals surface area contributed by atoms with Gasteiger partial charge in [-0.05, 0) is 28.1 Å². The lowest BCUT2D eigenvalue weighted by molar-refractivity contribution is 0.701. The average Bonchev–Trinajstić information content (AvgIpc) is 2.65. The van der Waals surface area contributed by atoms with Gasteiger partial charge < -0.3 is 9.13 Å². The first-order valence-electron chi connectivity index (χ1n) is 4.58. The summed E-state index contributed by atoms with van der Waals surface area (Å²) in [5.41, 5.74) is -0.993. The number of thiophene rings is 1. The van der Waals surface area contributed by atoms with Gasteiger partial charge in [0.2, 0.25) is 0 Å². The van der Waals surface area contributed by atoms with E-state index >= 15 is 0 Å². The fourth-order valence-electron chi connectivity index (χ4n) is 1.32. The van der Waals surface area contributed by atoms with E-state index in [0.717, 1.165) is 8.66 Å². The molecule has 6 heteroatoms. The third-order valence-electron chi connectivity index (χ3n) is 2.19. The number of aryl methyl sites for hydroxylation is 1. The van der Waals surface area contributed by atoms with Gasteiger partial charge in [-0.2, -0.15) is 0 Å². The summed E-state index contributed by atoms with van der Waals surface area (Å²) < 4.78 is 3.71. The molecule has 0 fully saturated rings. The van der Waals surface area contributed by atoms with Gasteiger partial charge in [-0.15, -0.1) is 11.3 Å². The van der Waals surface area contributed by atoms with Crippen LogP contribution in [0.2, 0.25) is 0 Å². The van der Waals surface area contributed by atoms with Crippen LogP contribution >= 0.6 is 27.3 Å². The molecule has 0 atom stereocenters. The molecule has 4 nitrogen and oxygen atoms in total. The summed E-state index contributed by atoms with van der Waals surface area (Å²) in [4.78, 5) is 24.1. The van der Waals surface area contributed by atoms with E-state index in [1.165, 1.54) is 9.13 Å². The third kappa shape index (κ3) is 2.17. The maximum atomic E-state index is 11.6. The number of aromatic nitrogens is 2. The molecule has 2 aromatic heterocycles. The third-order valence-corrected chi connectivity index (χ3v) is 3.80. The largest absolute Gasteiger partial charge is 0.316 e. The Hall–Kier alpha value is -1.14. The molecule has 0 bridgehead atoms. The van der Waals surface area contributed by atoms with Crippen molar-refractivity contribution in [2.45, 2.75) is 6.54 Å². The molecule has 0 amide bonds. The monoisotopic (exact) mass is 300 g/mol. The van der Waals surface area contributed by atoms with Crippen LogP contribution in [-0.4, -0.2) is 9.13 Å². The molecule has 0 saturated carbocycles. The first kappa shape index (κ1) is 11.3. The predicted octanol–water partition coefficient (Wildman–Crippen LogP) is 1.42. The van der Waals surface area contributed by atoms with Crippen molar-refractivity contribution in [3.63, 3.8) is 0 Å². The van der Waals surface area contributed by atoms with Crippen LogP contribution in [-0.2, 0) is 13.6 Å². The van der Waals surface area contributed by atoms with E-state index in [1.807, 2.05) is 12.1 Å². The van der Waals surface area contributed by atoms with Crippen LogP contribution in [0.3, 0.4) is 0 Å². The van der Waals surface area contributed by atoms with E-state index in [1.54, 1.807) is 30.8 Å². The zero-order valence-electron chi connectivity index (χ0n) is 8.51. The molecule has 0 radical (unpaired) electrons. The highest BCUT2D eigenvalue weighted by atomic mass is 79.9. The van der Waals surface area contributed by atoms with Crippen LogP contribution in [0.15, 0.2) is 37.9 Å². The minimum atomic E-state index is -0.502. The number of nitrogens with zero attached hydrogens (tertiary/aromatic N) is 2. The molecule has 0 N–H and O–H groups in total. The van der Waals surface area contributed by atoms with Crippen molar-refractivity contribution < 1.29 is 0 Å². The van der Waals surface area contributed by atoms with Crippen molar-refractivity contribution in [2.75, 3.05) is 0 Å². The van der Waals surface area contributed by atoms with Gasteiger partial charge in [0.25, 0.3) is 0 Å². The van der Waals surface area contributed by atoms with Crippen LogP contribution in [0, 0.1) is 0 Å². The molecular formula is C10H9BrN2O2S. The molecular weight excluding hydrogens is 292 g/mol. The van der Waals surface area contributed by atoms with E-state index in [4.69, 9.17) is 0 Å². The molecule has 2 heterocycles. The summed E-state index contributed by atoms with van der Waals surface area (Å²) in [7, 11) is 1.57. The minimum Gasteiger partial charge on any atom is -0.312 e. The fourth-order valence-corrected chi connectivity index (χ4v) is 2.80. The van der Waals surface area contributed by atoms with Crippen molar-refractivity contribution in [3.05, 3.63) is 53.9 Å². The van der Waals surface area contributed by atoms with Gasteiger partial charge in [-0.25, -0.2) is 0 Å². The molecule has 16 heavy (non-hydrogen) atoms. The first-order valence-corrected chi connectivity index (χ1v) is 6.19. The Morgan fingerprint density at radius 2 is 2.00 bits per heavy atom. The average molecular weight is 301 g/mol. The molecule has 0 aliphatic rings. The molecule has 0 aliphatic carbocycles. The van der Waals surface area contributed by atoms with Crippen molar-refractivity contribution in [1.82, 2.24) is 9.13 Å². The van der Waals surface area contributed by atoms with E-state index in [0.29, 0.717) is 6.54 Å². The predicted molar refractivity (Wildman–Crippen MR) is 67.1 cm³/mol. The van der Waals surface area contributed by atoms with Gasteiger partial charge in [0, 0.05) is 24.3 Å². The lowest BCUT2D eigenvalue weighted by atomic mass is 10.4. The summed E-state index contributed by atoms with van der Waals surface area (Å²) in [6, 6.07) is 3.85. The normalized spacial score (nSPS) is 10.6.